The SMILES string of the molecule is CC(C)Oc1ccc(NCC(=O)NCCc2ccccc2F)cc1. The highest BCUT2D eigenvalue weighted by Gasteiger charge is 2.04. The molecule has 0 aliphatic heterocycles. The first-order chi connectivity index (χ1) is 11.5. The Morgan fingerprint density at radius 2 is 1.83 bits per heavy atom. The van der Waals surface area contributed by atoms with Gasteiger partial charge in [0.05, 0.1) is 12.6 Å². The van der Waals surface area contributed by atoms with E-state index in [1.54, 1.807) is 18.2 Å². The number of benzene rings is 2. The first-order valence-corrected chi connectivity index (χ1v) is 8.05. The van der Waals surface area contributed by atoms with Gasteiger partial charge in [0.15, 0.2) is 0 Å². The van der Waals surface area contributed by atoms with Crippen LogP contribution >= 0.6 is 0 Å². The van der Waals surface area contributed by atoms with Crippen molar-refractivity contribution in [3.63, 3.8) is 0 Å². The summed E-state index contributed by atoms with van der Waals surface area (Å²) in [6, 6.07) is 14.0. The zero-order chi connectivity index (χ0) is 17.4. The summed E-state index contributed by atoms with van der Waals surface area (Å²) in [5.74, 6) is 0.423. The van der Waals surface area contributed by atoms with Gasteiger partial charge in [0.1, 0.15) is 11.6 Å². The number of amides is 1. The second kappa shape index (κ2) is 8.91. The molecular weight excluding hydrogens is 307 g/mol. The minimum absolute atomic E-state index is 0.129. The van der Waals surface area contributed by atoms with E-state index in [1.807, 2.05) is 38.1 Å². The molecule has 5 heteroatoms. The number of halogens is 1. The van der Waals surface area contributed by atoms with Gasteiger partial charge in [-0.05, 0) is 56.2 Å². The molecule has 0 saturated carbocycles. The van der Waals surface area contributed by atoms with Gasteiger partial charge in [-0.3, -0.25) is 4.79 Å². The molecule has 128 valence electrons. The summed E-state index contributed by atoms with van der Waals surface area (Å²) in [5, 5.41) is 5.82. The fourth-order valence-corrected chi connectivity index (χ4v) is 2.21. The molecule has 0 atom stereocenters. The van der Waals surface area contributed by atoms with Crippen LogP contribution in [0.25, 0.3) is 0 Å². The summed E-state index contributed by atoms with van der Waals surface area (Å²) in [6.07, 6.45) is 0.601. The molecule has 0 saturated heterocycles. The van der Waals surface area contributed by atoms with Crippen molar-refractivity contribution in [3.05, 3.63) is 59.9 Å². The standard InChI is InChI=1S/C19H23FN2O2/c1-14(2)24-17-9-7-16(8-10-17)22-13-19(23)21-12-11-15-5-3-4-6-18(15)20/h3-10,14,22H,11-13H2,1-2H3,(H,21,23). The Bertz CT molecular complexity index is 657. The van der Waals surface area contributed by atoms with Crippen LogP contribution in [0, 0.1) is 5.82 Å². The van der Waals surface area contributed by atoms with Crippen molar-refractivity contribution in [2.75, 3.05) is 18.4 Å². The number of nitrogens with one attached hydrogen (secondary N) is 2. The molecule has 0 fully saturated rings. The molecule has 0 spiro atoms. The number of carbonyl (C=O) groups is 1. The van der Waals surface area contributed by atoms with Crippen LogP contribution in [0.3, 0.4) is 0 Å². The maximum absolute atomic E-state index is 13.5. The van der Waals surface area contributed by atoms with Gasteiger partial charge in [0, 0.05) is 12.2 Å². The van der Waals surface area contributed by atoms with Crippen LogP contribution < -0.4 is 15.4 Å². The molecule has 0 heterocycles. The smallest absolute Gasteiger partial charge is 0.239 e. The van der Waals surface area contributed by atoms with Gasteiger partial charge < -0.3 is 15.4 Å². The lowest BCUT2D eigenvalue weighted by Crippen LogP contribution is -2.31. The van der Waals surface area contributed by atoms with Gasteiger partial charge in [-0.25, -0.2) is 4.39 Å². The van der Waals surface area contributed by atoms with Crippen molar-refractivity contribution in [2.45, 2.75) is 26.4 Å². The minimum atomic E-state index is -0.242. The van der Waals surface area contributed by atoms with Gasteiger partial charge >= 0.3 is 0 Å². The van der Waals surface area contributed by atoms with E-state index in [0.29, 0.717) is 18.5 Å². The predicted molar refractivity (Wildman–Crippen MR) is 93.8 cm³/mol. The number of anilines is 1. The van der Waals surface area contributed by atoms with Gasteiger partial charge in [-0.15, -0.1) is 0 Å². The number of rotatable bonds is 8. The Morgan fingerprint density at radius 3 is 2.50 bits per heavy atom. The van der Waals surface area contributed by atoms with E-state index in [-0.39, 0.29) is 24.4 Å². The molecule has 0 aliphatic rings. The van der Waals surface area contributed by atoms with Crippen LogP contribution in [-0.2, 0) is 11.2 Å². The molecule has 0 unspecified atom stereocenters. The Balaban J connectivity index is 1.70. The monoisotopic (exact) mass is 330 g/mol. The Hall–Kier alpha value is -2.56. The molecule has 2 N–H and O–H groups in total. The van der Waals surface area contributed by atoms with Crippen molar-refractivity contribution in [2.24, 2.45) is 0 Å². The third-order valence-corrected chi connectivity index (χ3v) is 3.35. The summed E-state index contributed by atoms with van der Waals surface area (Å²) in [4.78, 5) is 11.8. The normalized spacial score (nSPS) is 10.5. The third kappa shape index (κ3) is 5.91. The highest BCUT2D eigenvalue weighted by atomic mass is 19.1. The summed E-state index contributed by atoms with van der Waals surface area (Å²) in [7, 11) is 0. The molecule has 24 heavy (non-hydrogen) atoms. The van der Waals surface area contributed by atoms with Crippen LogP contribution in [0.5, 0.6) is 5.75 Å². The summed E-state index contributed by atoms with van der Waals surface area (Å²) >= 11 is 0. The average Bonchev–Trinajstić information content (AvgIpc) is 2.55. The van der Waals surface area contributed by atoms with E-state index >= 15 is 0 Å². The van der Waals surface area contributed by atoms with Gasteiger partial charge in [-0.1, -0.05) is 18.2 Å². The molecule has 2 aromatic rings. The predicted octanol–water partition coefficient (Wildman–Crippen LogP) is 3.38. The molecule has 0 bridgehead atoms. The molecule has 2 aromatic carbocycles. The fraction of sp³-hybridized carbons (Fsp3) is 0.316. The van der Waals surface area contributed by atoms with Crippen molar-refractivity contribution < 1.29 is 13.9 Å². The largest absolute Gasteiger partial charge is 0.491 e. The zero-order valence-electron chi connectivity index (χ0n) is 14.0. The maximum atomic E-state index is 13.5. The van der Waals surface area contributed by atoms with Crippen LogP contribution in [0.1, 0.15) is 19.4 Å². The van der Waals surface area contributed by atoms with Crippen molar-refractivity contribution in [1.29, 1.82) is 0 Å². The lowest BCUT2D eigenvalue weighted by atomic mass is 10.1. The summed E-state index contributed by atoms with van der Waals surface area (Å²) < 4.78 is 19.0. The number of carbonyl (C=O) groups excluding carboxylic acids is 1. The number of ether oxygens (including phenoxy) is 1. The average molecular weight is 330 g/mol. The lowest BCUT2D eigenvalue weighted by molar-refractivity contribution is -0.119. The van der Waals surface area contributed by atoms with E-state index in [9.17, 15) is 9.18 Å². The Labute approximate surface area is 142 Å². The van der Waals surface area contributed by atoms with Gasteiger partial charge in [0.25, 0.3) is 0 Å². The van der Waals surface area contributed by atoms with Crippen LogP contribution in [-0.4, -0.2) is 25.1 Å². The topological polar surface area (TPSA) is 50.4 Å². The lowest BCUT2D eigenvalue weighted by Gasteiger charge is -2.11. The van der Waals surface area contributed by atoms with E-state index in [1.165, 1.54) is 6.07 Å². The van der Waals surface area contributed by atoms with E-state index in [4.69, 9.17) is 4.74 Å². The highest BCUT2D eigenvalue weighted by Crippen LogP contribution is 2.16. The number of hydrogen-bond donors (Lipinski definition) is 2. The minimum Gasteiger partial charge on any atom is -0.491 e. The first kappa shape index (κ1) is 17.8. The molecule has 0 radical (unpaired) electrons. The van der Waals surface area contributed by atoms with Crippen LogP contribution in [0.2, 0.25) is 0 Å². The summed E-state index contributed by atoms with van der Waals surface area (Å²) in [6.45, 7) is 4.51. The summed E-state index contributed by atoms with van der Waals surface area (Å²) in [5.41, 5.74) is 1.45. The Morgan fingerprint density at radius 1 is 1.12 bits per heavy atom. The van der Waals surface area contributed by atoms with Crippen molar-refractivity contribution in [3.8, 4) is 5.75 Å². The van der Waals surface area contributed by atoms with E-state index in [2.05, 4.69) is 10.6 Å². The molecule has 2 rings (SSSR count). The molecule has 0 aliphatic carbocycles. The second-order valence-electron chi connectivity index (χ2n) is 5.74. The fourth-order valence-electron chi connectivity index (χ4n) is 2.21. The highest BCUT2D eigenvalue weighted by molar-refractivity contribution is 5.80. The van der Waals surface area contributed by atoms with Gasteiger partial charge in [-0.2, -0.15) is 0 Å². The van der Waals surface area contributed by atoms with Crippen LogP contribution in [0.15, 0.2) is 48.5 Å². The molecule has 1 amide bonds. The third-order valence-electron chi connectivity index (χ3n) is 3.35. The maximum Gasteiger partial charge on any atom is 0.239 e. The quantitative estimate of drug-likeness (QED) is 0.780. The second-order valence-corrected chi connectivity index (χ2v) is 5.74. The first-order valence-electron chi connectivity index (χ1n) is 8.05. The number of hydrogen-bond acceptors (Lipinski definition) is 3. The van der Waals surface area contributed by atoms with Crippen molar-refractivity contribution in [1.82, 2.24) is 5.32 Å². The van der Waals surface area contributed by atoms with E-state index in [0.717, 1.165) is 11.4 Å². The zero-order valence-corrected chi connectivity index (χ0v) is 14.0. The van der Waals surface area contributed by atoms with Crippen LogP contribution in [0.4, 0.5) is 10.1 Å². The Kier molecular flexibility index (Phi) is 6.61. The van der Waals surface area contributed by atoms with Crippen molar-refractivity contribution >= 4 is 11.6 Å². The molecule has 4 nitrogen and oxygen atoms in total. The van der Waals surface area contributed by atoms with E-state index < -0.39 is 0 Å². The molecule has 0 aromatic heterocycles. The molecular formula is C19H23FN2O2. The van der Waals surface area contributed by atoms with Gasteiger partial charge in [0.2, 0.25) is 5.91 Å².